The Hall–Kier alpha value is -1.79. The van der Waals surface area contributed by atoms with Gasteiger partial charge >= 0.3 is 0 Å². The Morgan fingerprint density at radius 3 is 1.20 bits per heavy atom. The van der Waals surface area contributed by atoms with Crippen LogP contribution in [0.2, 0.25) is 0 Å². The zero-order valence-corrected chi connectivity index (χ0v) is 52.2. The van der Waals surface area contributed by atoms with Crippen LogP contribution < -0.4 is 5.32 Å². The van der Waals surface area contributed by atoms with Crippen molar-refractivity contribution in [1.82, 2.24) is 5.32 Å². The third kappa shape index (κ3) is 37.7. The highest BCUT2D eigenvalue weighted by Gasteiger charge is 2.51. The van der Waals surface area contributed by atoms with Crippen molar-refractivity contribution in [2.45, 2.75) is 370 Å². The predicted molar refractivity (Wildman–Crippen MR) is 332 cm³/mol. The van der Waals surface area contributed by atoms with E-state index in [4.69, 9.17) is 18.9 Å². The van der Waals surface area contributed by atoms with Crippen molar-refractivity contribution < 1.29 is 64.6 Å². The number of allylic oxidation sites excluding steroid dienone is 5. The van der Waals surface area contributed by atoms with E-state index in [0.29, 0.717) is 12.8 Å². The van der Waals surface area contributed by atoms with E-state index in [0.717, 1.165) is 32.1 Å². The molecule has 0 aromatic rings. The fourth-order valence-electron chi connectivity index (χ4n) is 11.3. The Morgan fingerprint density at radius 2 is 0.780 bits per heavy atom. The largest absolute Gasteiger partial charge is 0.394 e. The number of hydrogen-bond acceptors (Lipinski definition) is 13. The fraction of sp³-hybridized carbons (Fsp3) is 0.897. The van der Waals surface area contributed by atoms with Crippen molar-refractivity contribution in [3.05, 3.63) is 36.5 Å². The second-order valence-electron chi connectivity index (χ2n) is 24.3. The van der Waals surface area contributed by atoms with Gasteiger partial charge in [0.1, 0.15) is 48.8 Å². The van der Waals surface area contributed by atoms with Gasteiger partial charge in [-0.1, -0.05) is 269 Å². The third-order valence-corrected chi connectivity index (χ3v) is 16.8. The first-order chi connectivity index (χ1) is 40.1. The van der Waals surface area contributed by atoms with Gasteiger partial charge in [0, 0.05) is 6.42 Å². The van der Waals surface area contributed by atoms with Gasteiger partial charge < -0.3 is 65.1 Å². The molecular weight excluding hydrogens is 1040 g/mol. The van der Waals surface area contributed by atoms with Gasteiger partial charge in [0.05, 0.1) is 32.0 Å². The van der Waals surface area contributed by atoms with E-state index in [2.05, 4.69) is 43.5 Å². The summed E-state index contributed by atoms with van der Waals surface area (Å²) in [5.41, 5.74) is 0. The van der Waals surface area contributed by atoms with Crippen LogP contribution in [0.4, 0.5) is 0 Å². The summed E-state index contributed by atoms with van der Waals surface area (Å²) in [5.74, 6) is -0.246. The average molecular weight is 1170 g/mol. The lowest BCUT2D eigenvalue weighted by Gasteiger charge is -2.46. The average Bonchev–Trinajstić information content (AvgIpc) is 3.53. The summed E-state index contributed by atoms with van der Waals surface area (Å²) in [6.07, 6.45) is 50.5. The van der Waals surface area contributed by atoms with Gasteiger partial charge in [-0.15, -0.1) is 0 Å². The molecule has 2 rings (SSSR count). The van der Waals surface area contributed by atoms with Crippen LogP contribution in [0.25, 0.3) is 0 Å². The van der Waals surface area contributed by atoms with Gasteiger partial charge in [0.25, 0.3) is 0 Å². The van der Waals surface area contributed by atoms with Gasteiger partial charge in [0.15, 0.2) is 12.6 Å². The molecule has 0 aliphatic carbocycles. The van der Waals surface area contributed by atoms with Crippen LogP contribution in [-0.2, 0) is 23.7 Å². The lowest BCUT2D eigenvalue weighted by Crippen LogP contribution is -2.65. The van der Waals surface area contributed by atoms with E-state index in [9.17, 15) is 45.6 Å². The van der Waals surface area contributed by atoms with Crippen molar-refractivity contribution in [3.63, 3.8) is 0 Å². The molecule has 0 bridgehead atoms. The SMILES string of the molecule is CCCCCCCCCC/C=C\CCCCCCCCCCCCCC(=O)NC(COC1OC(CO)C(OC2OC(CO)C(O)C(O)C2O)C(O)C1O)C(O)/C=C/CC/C=C/CCCCCCCCCCCCCCCCCCCCC. The van der Waals surface area contributed by atoms with Gasteiger partial charge in [-0.05, 0) is 57.8 Å². The first-order valence-corrected chi connectivity index (χ1v) is 34.2. The number of carbonyl (C=O) groups excluding carboxylic acids is 1. The van der Waals surface area contributed by atoms with Crippen LogP contribution in [0.5, 0.6) is 0 Å². The second-order valence-corrected chi connectivity index (χ2v) is 24.3. The first-order valence-electron chi connectivity index (χ1n) is 34.2. The van der Waals surface area contributed by atoms with Crippen LogP contribution >= 0.6 is 0 Å². The standard InChI is InChI=1S/C68H127NO13/c1-3-5-7-9-11-13-15-17-19-21-23-25-27-28-30-31-33-35-37-39-41-43-45-47-49-51-57(72)56(55-79-67-65(78)63(76)66(59(54-71)81-67)82-68-64(77)62(75)61(74)58(53-70)80-68)69-60(73)52-50-48-46-44-42-40-38-36-34-32-29-26-24-22-20-18-16-14-12-10-8-6-4-2/h22,24,41,43,49,51,56-59,61-68,70-72,74-78H,3-21,23,25-40,42,44-48,50,52-55H2,1-2H3,(H,69,73)/b24-22-,43-41+,51-49+. The summed E-state index contributed by atoms with van der Waals surface area (Å²) in [7, 11) is 0. The highest BCUT2D eigenvalue weighted by Crippen LogP contribution is 2.30. The second kappa shape index (κ2) is 53.4. The van der Waals surface area contributed by atoms with Crippen molar-refractivity contribution in [2.75, 3.05) is 19.8 Å². The van der Waals surface area contributed by atoms with E-state index in [1.54, 1.807) is 6.08 Å². The Labute approximate surface area is 500 Å². The van der Waals surface area contributed by atoms with E-state index >= 15 is 0 Å². The minimum atomic E-state index is -1.79. The van der Waals surface area contributed by atoms with Crippen molar-refractivity contribution in [3.8, 4) is 0 Å². The van der Waals surface area contributed by atoms with Gasteiger partial charge in [-0.25, -0.2) is 0 Å². The molecule has 0 spiro atoms. The number of nitrogens with one attached hydrogen (secondary N) is 1. The highest BCUT2D eigenvalue weighted by molar-refractivity contribution is 5.76. The van der Waals surface area contributed by atoms with Crippen LogP contribution in [0.3, 0.4) is 0 Å². The molecule has 0 radical (unpaired) electrons. The molecule has 12 atom stereocenters. The third-order valence-electron chi connectivity index (χ3n) is 16.8. The lowest BCUT2D eigenvalue weighted by molar-refractivity contribution is -0.359. The predicted octanol–water partition coefficient (Wildman–Crippen LogP) is 13.3. The van der Waals surface area contributed by atoms with Crippen LogP contribution in [0.15, 0.2) is 36.5 Å². The molecule has 2 heterocycles. The number of amides is 1. The molecule has 1 amide bonds. The number of aliphatic hydroxyl groups is 8. The number of rotatable bonds is 56. The minimum absolute atomic E-state index is 0.246. The van der Waals surface area contributed by atoms with Gasteiger partial charge in [-0.2, -0.15) is 0 Å². The Balaban J connectivity index is 1.72. The Morgan fingerprint density at radius 1 is 0.427 bits per heavy atom. The quantitative estimate of drug-likeness (QED) is 0.0204. The van der Waals surface area contributed by atoms with E-state index in [-0.39, 0.29) is 18.9 Å². The summed E-state index contributed by atoms with van der Waals surface area (Å²) in [6.45, 7) is 2.82. The summed E-state index contributed by atoms with van der Waals surface area (Å²) < 4.78 is 22.8. The molecule has 2 fully saturated rings. The van der Waals surface area contributed by atoms with E-state index in [1.165, 1.54) is 231 Å². The smallest absolute Gasteiger partial charge is 0.220 e. The van der Waals surface area contributed by atoms with Crippen molar-refractivity contribution >= 4 is 5.91 Å². The molecule has 482 valence electrons. The molecule has 0 aromatic heterocycles. The molecule has 14 nitrogen and oxygen atoms in total. The molecule has 9 N–H and O–H groups in total. The van der Waals surface area contributed by atoms with Crippen LogP contribution in [-0.4, -0.2) is 140 Å². The van der Waals surface area contributed by atoms with Crippen molar-refractivity contribution in [1.29, 1.82) is 0 Å². The summed E-state index contributed by atoms with van der Waals surface area (Å²) in [5, 5.41) is 87.3. The fourth-order valence-corrected chi connectivity index (χ4v) is 11.3. The summed E-state index contributed by atoms with van der Waals surface area (Å²) in [4.78, 5) is 13.3. The van der Waals surface area contributed by atoms with E-state index in [1.807, 2.05) is 6.08 Å². The molecule has 0 saturated carbocycles. The van der Waals surface area contributed by atoms with Crippen LogP contribution in [0, 0.1) is 0 Å². The monoisotopic (exact) mass is 1170 g/mol. The maximum absolute atomic E-state index is 13.3. The molecule has 12 unspecified atom stereocenters. The molecule has 82 heavy (non-hydrogen) atoms. The molecular formula is C68H127NO13. The van der Waals surface area contributed by atoms with Gasteiger partial charge in [0.2, 0.25) is 5.91 Å². The number of carbonyl (C=O) groups is 1. The number of aliphatic hydroxyl groups excluding tert-OH is 8. The Kier molecular flexibility index (Phi) is 49.7. The Bertz CT molecular complexity index is 1510. The van der Waals surface area contributed by atoms with Gasteiger partial charge in [-0.3, -0.25) is 4.79 Å². The summed E-state index contributed by atoms with van der Waals surface area (Å²) >= 11 is 0. The normalized spacial score (nSPS) is 24.1. The van der Waals surface area contributed by atoms with Crippen LogP contribution in [0.1, 0.15) is 296 Å². The minimum Gasteiger partial charge on any atom is -0.394 e. The molecule has 2 saturated heterocycles. The first kappa shape index (κ1) is 76.3. The number of ether oxygens (including phenoxy) is 4. The number of unbranched alkanes of at least 4 members (excludes halogenated alkanes) is 39. The zero-order valence-electron chi connectivity index (χ0n) is 52.2. The molecule has 14 heteroatoms. The van der Waals surface area contributed by atoms with Crippen molar-refractivity contribution in [2.24, 2.45) is 0 Å². The zero-order chi connectivity index (χ0) is 59.5. The summed E-state index contributed by atoms with van der Waals surface area (Å²) in [6, 6.07) is -0.932. The topological polar surface area (TPSA) is 228 Å². The molecule has 2 aliphatic heterocycles. The maximum Gasteiger partial charge on any atom is 0.220 e. The lowest BCUT2D eigenvalue weighted by atomic mass is 9.97. The molecule has 0 aromatic carbocycles. The maximum atomic E-state index is 13.3. The molecule has 2 aliphatic rings. The van der Waals surface area contributed by atoms with E-state index < -0.39 is 86.8 Å². The number of hydrogen-bond donors (Lipinski definition) is 9. The highest BCUT2D eigenvalue weighted by atomic mass is 16.7.